The van der Waals surface area contributed by atoms with Crippen molar-refractivity contribution in [2.24, 2.45) is 0 Å². The molecule has 0 unspecified atom stereocenters. The molecular formula is C22H20N2O4S. The minimum Gasteiger partial charge on any atom is -0.467 e. The molecule has 4 aromatic rings. The molecule has 0 saturated carbocycles. The van der Waals surface area contributed by atoms with Gasteiger partial charge >= 0.3 is 0 Å². The first-order valence-corrected chi connectivity index (χ1v) is 10.6. The normalized spacial score (nSPS) is 11.5. The number of aromatic nitrogens is 1. The van der Waals surface area contributed by atoms with Crippen LogP contribution in [0.15, 0.2) is 85.7 Å². The molecule has 0 fully saturated rings. The van der Waals surface area contributed by atoms with Gasteiger partial charge in [-0.25, -0.2) is 8.42 Å². The van der Waals surface area contributed by atoms with Crippen LogP contribution >= 0.6 is 0 Å². The van der Waals surface area contributed by atoms with E-state index in [0.29, 0.717) is 5.76 Å². The van der Waals surface area contributed by atoms with Crippen molar-refractivity contribution >= 4 is 15.7 Å². The Morgan fingerprint density at radius 3 is 2.41 bits per heavy atom. The van der Waals surface area contributed by atoms with Crippen LogP contribution in [0.5, 0.6) is 0 Å². The summed E-state index contributed by atoms with van der Waals surface area (Å²) in [5.41, 5.74) is 2.64. The van der Waals surface area contributed by atoms with E-state index in [2.05, 4.69) is 10.3 Å². The van der Waals surface area contributed by atoms with Crippen molar-refractivity contribution in [1.29, 1.82) is 0 Å². The van der Waals surface area contributed by atoms with E-state index in [1.165, 1.54) is 0 Å². The van der Waals surface area contributed by atoms with Gasteiger partial charge in [0.1, 0.15) is 5.76 Å². The molecule has 148 valence electrons. The first-order valence-electron chi connectivity index (χ1n) is 9.10. The maximum atomic E-state index is 13.3. The molecule has 6 nitrogen and oxygen atoms in total. The van der Waals surface area contributed by atoms with E-state index < -0.39 is 9.84 Å². The van der Waals surface area contributed by atoms with Crippen LogP contribution in [0.3, 0.4) is 0 Å². The summed E-state index contributed by atoms with van der Waals surface area (Å²) in [6, 6.07) is 17.7. The number of furan rings is 1. The summed E-state index contributed by atoms with van der Waals surface area (Å²) in [6.45, 7) is 4.09. The van der Waals surface area contributed by atoms with E-state index in [4.69, 9.17) is 8.83 Å². The van der Waals surface area contributed by atoms with Gasteiger partial charge in [0.25, 0.3) is 0 Å². The maximum Gasteiger partial charge on any atom is 0.234 e. The lowest BCUT2D eigenvalue weighted by atomic mass is 10.1. The zero-order valence-corrected chi connectivity index (χ0v) is 16.9. The molecule has 7 heteroatoms. The van der Waals surface area contributed by atoms with Crippen molar-refractivity contribution in [2.75, 3.05) is 5.32 Å². The lowest BCUT2D eigenvalue weighted by Gasteiger charge is -2.05. The third-order valence-corrected chi connectivity index (χ3v) is 6.24. The van der Waals surface area contributed by atoms with Crippen molar-refractivity contribution in [3.8, 4) is 11.5 Å². The summed E-state index contributed by atoms with van der Waals surface area (Å²) in [6.07, 6.45) is 1.56. The molecule has 4 rings (SSSR count). The number of sulfone groups is 1. The predicted octanol–water partition coefficient (Wildman–Crippen LogP) is 5.00. The van der Waals surface area contributed by atoms with Crippen molar-refractivity contribution < 1.29 is 17.3 Å². The van der Waals surface area contributed by atoms with Crippen molar-refractivity contribution in [3.05, 3.63) is 83.8 Å². The van der Waals surface area contributed by atoms with Gasteiger partial charge in [-0.3, -0.25) is 0 Å². The van der Waals surface area contributed by atoms with Crippen LogP contribution in [0, 0.1) is 13.8 Å². The standard InChI is InChI=1S/C22H20N2O4S/c1-15-9-11-18(12-10-15)29(25,26)22-21(23-14-17-7-5-13-27-17)28-20(24-22)19-8-4-3-6-16(19)2/h3-13,23H,14H2,1-2H3. The van der Waals surface area contributed by atoms with Gasteiger partial charge in [-0.2, -0.15) is 4.98 Å². The van der Waals surface area contributed by atoms with Crippen LogP contribution in [0.4, 0.5) is 5.88 Å². The molecule has 0 amide bonds. The Morgan fingerprint density at radius 1 is 0.966 bits per heavy atom. The molecule has 0 saturated heterocycles. The lowest BCUT2D eigenvalue weighted by molar-refractivity contribution is 0.511. The summed E-state index contributed by atoms with van der Waals surface area (Å²) in [4.78, 5) is 4.52. The number of oxazole rings is 1. The Balaban J connectivity index is 1.80. The minimum atomic E-state index is -3.88. The number of anilines is 1. The van der Waals surface area contributed by atoms with Gasteiger partial charge in [0.05, 0.1) is 17.7 Å². The molecule has 0 aliphatic carbocycles. The fourth-order valence-electron chi connectivity index (χ4n) is 2.94. The Bertz CT molecular complexity index is 1220. The number of benzene rings is 2. The van der Waals surface area contributed by atoms with Gasteiger partial charge in [-0.1, -0.05) is 35.9 Å². The second-order valence-electron chi connectivity index (χ2n) is 6.72. The predicted molar refractivity (Wildman–Crippen MR) is 109 cm³/mol. The second-order valence-corrected chi connectivity index (χ2v) is 8.58. The quantitative estimate of drug-likeness (QED) is 0.483. The summed E-state index contributed by atoms with van der Waals surface area (Å²) < 4.78 is 37.7. The van der Waals surface area contributed by atoms with E-state index >= 15 is 0 Å². The van der Waals surface area contributed by atoms with E-state index in [9.17, 15) is 8.42 Å². The molecule has 2 heterocycles. The molecule has 0 radical (unpaired) electrons. The maximum absolute atomic E-state index is 13.3. The largest absolute Gasteiger partial charge is 0.467 e. The van der Waals surface area contributed by atoms with E-state index in [1.807, 2.05) is 38.1 Å². The number of aryl methyl sites for hydroxylation is 2. The molecular weight excluding hydrogens is 388 g/mol. The Hall–Kier alpha value is -3.32. The molecule has 29 heavy (non-hydrogen) atoms. The highest BCUT2D eigenvalue weighted by Crippen LogP contribution is 2.33. The van der Waals surface area contributed by atoms with Crippen molar-refractivity contribution in [2.45, 2.75) is 30.3 Å². The molecule has 0 spiro atoms. The molecule has 0 bridgehead atoms. The highest BCUT2D eigenvalue weighted by Gasteiger charge is 2.29. The van der Waals surface area contributed by atoms with Crippen LogP contribution < -0.4 is 5.32 Å². The smallest absolute Gasteiger partial charge is 0.234 e. The zero-order chi connectivity index (χ0) is 20.4. The Kier molecular flexibility index (Phi) is 4.98. The summed E-state index contributed by atoms with van der Waals surface area (Å²) in [5, 5.41) is 2.86. The average Bonchev–Trinajstić information content (AvgIpc) is 3.37. The van der Waals surface area contributed by atoms with E-state index in [1.54, 1.807) is 42.7 Å². The lowest BCUT2D eigenvalue weighted by Crippen LogP contribution is -2.07. The molecule has 0 aliphatic heterocycles. The SMILES string of the molecule is Cc1ccc(S(=O)(=O)c2nc(-c3ccccc3C)oc2NCc2ccco2)cc1. The fraction of sp³-hybridized carbons (Fsp3) is 0.136. The number of nitrogens with zero attached hydrogens (tertiary/aromatic N) is 1. The third-order valence-electron chi connectivity index (χ3n) is 4.56. The van der Waals surface area contributed by atoms with Crippen LogP contribution in [-0.2, 0) is 16.4 Å². The topological polar surface area (TPSA) is 85.3 Å². The highest BCUT2D eigenvalue weighted by atomic mass is 32.2. The number of rotatable bonds is 6. The van der Waals surface area contributed by atoms with Crippen LogP contribution in [-0.4, -0.2) is 13.4 Å². The minimum absolute atomic E-state index is 0.0835. The highest BCUT2D eigenvalue weighted by molar-refractivity contribution is 7.91. The summed E-state index contributed by atoms with van der Waals surface area (Å²) in [7, 11) is -3.88. The number of hydrogen-bond donors (Lipinski definition) is 1. The van der Waals surface area contributed by atoms with Gasteiger partial charge in [-0.15, -0.1) is 0 Å². The average molecular weight is 408 g/mol. The van der Waals surface area contributed by atoms with Gasteiger partial charge < -0.3 is 14.2 Å². The van der Waals surface area contributed by atoms with Crippen molar-refractivity contribution in [3.63, 3.8) is 0 Å². The molecule has 2 aromatic carbocycles. The van der Waals surface area contributed by atoms with Gasteiger partial charge in [0, 0.05) is 5.56 Å². The Labute approximate surface area is 169 Å². The molecule has 2 aromatic heterocycles. The zero-order valence-electron chi connectivity index (χ0n) is 16.0. The van der Waals surface area contributed by atoms with Gasteiger partial charge in [-0.05, 0) is 49.7 Å². The van der Waals surface area contributed by atoms with Crippen molar-refractivity contribution in [1.82, 2.24) is 4.98 Å². The van der Waals surface area contributed by atoms with E-state index in [0.717, 1.165) is 16.7 Å². The third kappa shape index (κ3) is 3.82. The second kappa shape index (κ2) is 7.60. The molecule has 1 N–H and O–H groups in total. The number of hydrogen-bond acceptors (Lipinski definition) is 6. The first-order chi connectivity index (χ1) is 13.9. The van der Waals surface area contributed by atoms with Gasteiger partial charge in [0.2, 0.25) is 26.6 Å². The fourth-order valence-corrected chi connectivity index (χ4v) is 4.22. The van der Waals surface area contributed by atoms with Crippen LogP contribution in [0.1, 0.15) is 16.9 Å². The molecule has 0 aliphatic rings. The Morgan fingerprint density at radius 2 is 1.72 bits per heavy atom. The number of nitrogens with one attached hydrogen (secondary N) is 1. The monoisotopic (exact) mass is 408 g/mol. The van der Waals surface area contributed by atoms with E-state index in [-0.39, 0.29) is 28.2 Å². The first kappa shape index (κ1) is 19.0. The summed E-state index contributed by atoms with van der Waals surface area (Å²) in [5.74, 6) is 0.980. The van der Waals surface area contributed by atoms with Gasteiger partial charge in [0.15, 0.2) is 0 Å². The van der Waals surface area contributed by atoms with Crippen LogP contribution in [0.2, 0.25) is 0 Å². The molecule has 0 atom stereocenters. The van der Waals surface area contributed by atoms with Crippen LogP contribution in [0.25, 0.3) is 11.5 Å². The summed E-state index contributed by atoms with van der Waals surface area (Å²) >= 11 is 0.